The molecule has 1 aromatic carbocycles. The average molecular weight is 258 g/mol. The molecule has 0 amide bonds. The second kappa shape index (κ2) is 5.56. The maximum atomic E-state index is 9.21. The molecule has 1 aromatic heterocycles. The Morgan fingerprint density at radius 3 is 2.53 bits per heavy atom. The Hall–Kier alpha value is -2.30. The first-order chi connectivity index (χ1) is 9.06. The molecule has 4 N–H and O–H groups in total. The summed E-state index contributed by atoms with van der Waals surface area (Å²) in [6.07, 6.45) is 0.850. The van der Waals surface area contributed by atoms with E-state index in [9.17, 15) is 5.11 Å². The maximum absolute atomic E-state index is 9.21. The molecule has 0 unspecified atom stereocenters. The third kappa shape index (κ3) is 3.34. The second-order valence-electron chi connectivity index (χ2n) is 4.47. The number of nitrogens with one attached hydrogen (secondary N) is 1. The number of nitrogens with zero attached hydrogens (tertiary/aromatic N) is 2. The van der Waals surface area contributed by atoms with E-state index in [2.05, 4.69) is 15.3 Å². The van der Waals surface area contributed by atoms with Crippen LogP contribution in [0.5, 0.6) is 5.75 Å². The van der Waals surface area contributed by atoms with Gasteiger partial charge in [-0.05, 0) is 38.0 Å². The molecular weight excluding hydrogens is 240 g/mol. The zero-order chi connectivity index (χ0) is 13.8. The van der Waals surface area contributed by atoms with E-state index in [-0.39, 0.29) is 5.75 Å². The molecule has 19 heavy (non-hydrogen) atoms. The van der Waals surface area contributed by atoms with Crippen molar-refractivity contribution >= 4 is 11.6 Å². The summed E-state index contributed by atoms with van der Waals surface area (Å²) in [6.45, 7) is 4.47. The molecule has 0 aliphatic heterocycles. The Balaban J connectivity index is 1.98. The van der Waals surface area contributed by atoms with E-state index in [1.807, 2.05) is 26.0 Å². The Morgan fingerprint density at radius 1 is 1.16 bits per heavy atom. The molecule has 0 aliphatic carbocycles. The molecule has 2 rings (SSSR count). The highest BCUT2D eigenvalue weighted by Crippen LogP contribution is 2.17. The lowest BCUT2D eigenvalue weighted by Crippen LogP contribution is -2.10. The van der Waals surface area contributed by atoms with Crippen molar-refractivity contribution in [1.82, 2.24) is 9.97 Å². The van der Waals surface area contributed by atoms with Gasteiger partial charge in [-0.1, -0.05) is 12.1 Å². The third-order valence-electron chi connectivity index (χ3n) is 2.94. The SMILES string of the molecule is Cc1nc(N)c(C)c(NCCc2ccc(O)cc2)n1. The van der Waals surface area contributed by atoms with Crippen molar-refractivity contribution in [2.75, 3.05) is 17.6 Å². The van der Waals surface area contributed by atoms with Crippen LogP contribution in [0.25, 0.3) is 0 Å². The highest BCUT2D eigenvalue weighted by molar-refractivity contribution is 5.54. The summed E-state index contributed by atoms with van der Waals surface area (Å²) in [5, 5.41) is 12.5. The fourth-order valence-corrected chi connectivity index (χ4v) is 1.81. The van der Waals surface area contributed by atoms with Gasteiger partial charge in [0.2, 0.25) is 0 Å². The smallest absolute Gasteiger partial charge is 0.134 e. The number of hydrogen-bond donors (Lipinski definition) is 3. The lowest BCUT2D eigenvalue weighted by atomic mass is 10.1. The Kier molecular flexibility index (Phi) is 3.85. The van der Waals surface area contributed by atoms with E-state index < -0.39 is 0 Å². The summed E-state index contributed by atoms with van der Waals surface area (Å²) >= 11 is 0. The van der Waals surface area contributed by atoms with Gasteiger partial charge in [-0.25, -0.2) is 9.97 Å². The van der Waals surface area contributed by atoms with Crippen LogP contribution in [0, 0.1) is 13.8 Å². The maximum Gasteiger partial charge on any atom is 0.134 e. The first-order valence-corrected chi connectivity index (χ1v) is 6.19. The average Bonchev–Trinajstić information content (AvgIpc) is 2.37. The zero-order valence-corrected chi connectivity index (χ0v) is 11.1. The minimum absolute atomic E-state index is 0.284. The molecule has 1 heterocycles. The second-order valence-corrected chi connectivity index (χ2v) is 4.47. The van der Waals surface area contributed by atoms with Gasteiger partial charge in [-0.15, -0.1) is 0 Å². The van der Waals surface area contributed by atoms with Crippen molar-refractivity contribution in [3.8, 4) is 5.75 Å². The van der Waals surface area contributed by atoms with Crippen LogP contribution >= 0.6 is 0 Å². The quantitative estimate of drug-likeness (QED) is 0.781. The van der Waals surface area contributed by atoms with Crippen molar-refractivity contribution in [3.05, 3.63) is 41.2 Å². The van der Waals surface area contributed by atoms with Gasteiger partial charge in [-0.3, -0.25) is 0 Å². The van der Waals surface area contributed by atoms with Gasteiger partial charge >= 0.3 is 0 Å². The van der Waals surface area contributed by atoms with E-state index in [4.69, 9.17) is 5.73 Å². The number of aromatic hydroxyl groups is 1. The Morgan fingerprint density at radius 2 is 1.84 bits per heavy atom. The Bertz CT molecular complexity index is 566. The highest BCUT2D eigenvalue weighted by Gasteiger charge is 2.05. The van der Waals surface area contributed by atoms with E-state index in [1.54, 1.807) is 12.1 Å². The minimum atomic E-state index is 0.284. The number of phenolic OH excluding ortho intramolecular Hbond substituents is 1. The molecule has 0 spiro atoms. The topological polar surface area (TPSA) is 84.1 Å². The summed E-state index contributed by atoms with van der Waals surface area (Å²) in [4.78, 5) is 8.45. The number of aryl methyl sites for hydroxylation is 1. The van der Waals surface area contributed by atoms with Gasteiger partial charge in [0.15, 0.2) is 0 Å². The van der Waals surface area contributed by atoms with Crippen LogP contribution in [0.3, 0.4) is 0 Å². The summed E-state index contributed by atoms with van der Waals surface area (Å²) < 4.78 is 0. The van der Waals surface area contributed by atoms with E-state index >= 15 is 0 Å². The molecule has 0 aliphatic rings. The number of aromatic nitrogens is 2. The van der Waals surface area contributed by atoms with Crippen molar-refractivity contribution in [3.63, 3.8) is 0 Å². The van der Waals surface area contributed by atoms with Gasteiger partial charge in [0.1, 0.15) is 23.2 Å². The van der Waals surface area contributed by atoms with Crippen LogP contribution in [-0.2, 0) is 6.42 Å². The van der Waals surface area contributed by atoms with Crippen LogP contribution in [0.4, 0.5) is 11.6 Å². The number of hydrogen-bond acceptors (Lipinski definition) is 5. The molecular formula is C14H18N4O. The summed E-state index contributed by atoms with van der Waals surface area (Å²) in [6, 6.07) is 7.19. The molecule has 100 valence electrons. The van der Waals surface area contributed by atoms with Crippen LogP contribution in [0.2, 0.25) is 0 Å². The fraction of sp³-hybridized carbons (Fsp3) is 0.286. The zero-order valence-electron chi connectivity index (χ0n) is 11.1. The van der Waals surface area contributed by atoms with E-state index in [0.717, 1.165) is 29.9 Å². The number of anilines is 2. The molecule has 0 radical (unpaired) electrons. The number of phenols is 1. The normalized spacial score (nSPS) is 10.4. The highest BCUT2D eigenvalue weighted by atomic mass is 16.3. The lowest BCUT2D eigenvalue weighted by molar-refractivity contribution is 0.475. The van der Waals surface area contributed by atoms with Gasteiger partial charge in [0, 0.05) is 12.1 Å². The predicted molar refractivity (Wildman–Crippen MR) is 76.2 cm³/mol. The number of rotatable bonds is 4. The predicted octanol–water partition coefficient (Wildman–Crippen LogP) is 2.04. The van der Waals surface area contributed by atoms with Crippen molar-refractivity contribution < 1.29 is 5.11 Å². The first-order valence-electron chi connectivity index (χ1n) is 6.19. The largest absolute Gasteiger partial charge is 0.508 e. The molecule has 5 heteroatoms. The molecule has 5 nitrogen and oxygen atoms in total. The third-order valence-corrected chi connectivity index (χ3v) is 2.94. The molecule has 0 saturated carbocycles. The van der Waals surface area contributed by atoms with E-state index in [0.29, 0.717) is 11.6 Å². The van der Waals surface area contributed by atoms with Crippen molar-refractivity contribution in [1.29, 1.82) is 0 Å². The van der Waals surface area contributed by atoms with Crippen LogP contribution < -0.4 is 11.1 Å². The minimum Gasteiger partial charge on any atom is -0.508 e. The van der Waals surface area contributed by atoms with Crippen LogP contribution in [0.15, 0.2) is 24.3 Å². The van der Waals surface area contributed by atoms with Gasteiger partial charge < -0.3 is 16.2 Å². The monoisotopic (exact) mass is 258 g/mol. The van der Waals surface area contributed by atoms with E-state index in [1.165, 1.54) is 0 Å². The number of benzene rings is 1. The van der Waals surface area contributed by atoms with Gasteiger partial charge in [0.25, 0.3) is 0 Å². The van der Waals surface area contributed by atoms with Crippen molar-refractivity contribution in [2.45, 2.75) is 20.3 Å². The molecule has 0 atom stereocenters. The standard InChI is InChI=1S/C14H18N4O/c1-9-13(15)17-10(2)18-14(9)16-8-7-11-3-5-12(19)6-4-11/h3-6,19H,7-8H2,1-2H3,(H3,15,16,17,18). The molecule has 0 bridgehead atoms. The summed E-state index contributed by atoms with van der Waals surface area (Å²) in [5.41, 5.74) is 7.83. The van der Waals surface area contributed by atoms with Crippen LogP contribution in [0.1, 0.15) is 17.0 Å². The van der Waals surface area contributed by atoms with Crippen molar-refractivity contribution in [2.24, 2.45) is 0 Å². The molecule has 0 saturated heterocycles. The lowest BCUT2D eigenvalue weighted by Gasteiger charge is -2.10. The summed E-state index contributed by atoms with van der Waals surface area (Å²) in [7, 11) is 0. The summed E-state index contributed by atoms with van der Waals surface area (Å²) in [5.74, 6) is 2.24. The number of nitrogens with two attached hydrogens (primary N) is 1. The number of nitrogen functional groups attached to an aromatic ring is 1. The van der Waals surface area contributed by atoms with Crippen LogP contribution in [-0.4, -0.2) is 21.6 Å². The first kappa shape index (κ1) is 13.1. The van der Waals surface area contributed by atoms with Gasteiger partial charge in [-0.2, -0.15) is 0 Å². The Labute approximate surface area is 112 Å². The molecule has 2 aromatic rings. The fourth-order valence-electron chi connectivity index (χ4n) is 1.81. The molecule has 0 fully saturated rings. The van der Waals surface area contributed by atoms with Gasteiger partial charge in [0.05, 0.1) is 0 Å².